The lowest BCUT2D eigenvalue weighted by Gasteiger charge is -2.32. The molecule has 208 valence electrons. The number of amides is 1. The van der Waals surface area contributed by atoms with E-state index in [2.05, 4.69) is 5.32 Å². The van der Waals surface area contributed by atoms with Gasteiger partial charge in [-0.2, -0.15) is 0 Å². The molecule has 1 aliphatic carbocycles. The molecule has 5 rings (SSSR count). The molecule has 1 unspecified atom stereocenters. The average Bonchev–Trinajstić information content (AvgIpc) is 2.97. The number of fused-ring (bicyclic) bond motifs is 1. The number of ether oxygens (including phenoxy) is 3. The van der Waals surface area contributed by atoms with Crippen LogP contribution in [0, 0.1) is 6.92 Å². The van der Waals surface area contributed by atoms with Crippen molar-refractivity contribution < 1.29 is 33.6 Å². The molecule has 0 bridgehead atoms. The highest BCUT2D eigenvalue weighted by molar-refractivity contribution is 6.05. The summed E-state index contributed by atoms with van der Waals surface area (Å²) in [6, 6.07) is 17.4. The zero-order valence-electron chi connectivity index (χ0n) is 22.5. The van der Waals surface area contributed by atoms with Gasteiger partial charge in [0.15, 0.2) is 0 Å². The number of benzene rings is 3. The first-order valence-electron chi connectivity index (χ1n) is 13.0. The minimum atomic E-state index is -0.990. The van der Waals surface area contributed by atoms with Crippen molar-refractivity contribution in [1.29, 1.82) is 0 Å². The number of hydrogen-bond acceptors (Lipinski definition) is 8. The smallest absolute Gasteiger partial charge is 0.360 e. The van der Waals surface area contributed by atoms with Crippen LogP contribution in [0.25, 0.3) is 22.1 Å². The largest absolute Gasteiger partial charge is 0.497 e. The molecule has 1 saturated carbocycles. The van der Waals surface area contributed by atoms with Crippen LogP contribution in [0.4, 0.5) is 5.69 Å². The second kappa shape index (κ2) is 11.4. The molecule has 1 amide bonds. The monoisotopic (exact) mass is 545 g/mol. The van der Waals surface area contributed by atoms with E-state index in [-0.39, 0.29) is 5.69 Å². The van der Waals surface area contributed by atoms with Crippen LogP contribution in [0.5, 0.6) is 17.2 Å². The van der Waals surface area contributed by atoms with Gasteiger partial charge < -0.3 is 34.2 Å². The molecule has 0 aliphatic heterocycles. The van der Waals surface area contributed by atoms with E-state index in [1.54, 1.807) is 57.5 Å². The van der Waals surface area contributed by atoms with Crippen molar-refractivity contribution in [3.05, 3.63) is 82.2 Å². The third-order valence-electron chi connectivity index (χ3n) is 7.23. The zero-order chi connectivity index (χ0) is 28.4. The molecule has 9 nitrogen and oxygen atoms in total. The van der Waals surface area contributed by atoms with Crippen molar-refractivity contribution in [1.82, 2.24) is 0 Å². The number of methoxy groups -OCH3 is 2. The fourth-order valence-corrected chi connectivity index (χ4v) is 4.99. The minimum Gasteiger partial charge on any atom is -0.497 e. The molecular weight excluding hydrogens is 514 g/mol. The summed E-state index contributed by atoms with van der Waals surface area (Å²) in [4.78, 5) is 26.1. The third kappa shape index (κ3) is 5.38. The maximum Gasteiger partial charge on any atom is 0.360 e. The van der Waals surface area contributed by atoms with Crippen molar-refractivity contribution in [3.8, 4) is 28.4 Å². The highest BCUT2D eigenvalue weighted by Gasteiger charge is 2.32. The fourth-order valence-electron chi connectivity index (χ4n) is 4.99. The molecule has 3 aromatic carbocycles. The van der Waals surface area contributed by atoms with Gasteiger partial charge in [0, 0.05) is 22.1 Å². The van der Waals surface area contributed by atoms with Crippen molar-refractivity contribution in [2.24, 2.45) is 0 Å². The Morgan fingerprint density at radius 2 is 1.77 bits per heavy atom. The molecular formula is C31H31NO8. The van der Waals surface area contributed by atoms with E-state index in [1.807, 2.05) is 24.3 Å². The van der Waals surface area contributed by atoms with Crippen molar-refractivity contribution in [2.75, 3.05) is 19.5 Å². The van der Waals surface area contributed by atoms with Gasteiger partial charge in [0.2, 0.25) is 0 Å². The molecule has 40 heavy (non-hydrogen) atoms. The van der Waals surface area contributed by atoms with Crippen LogP contribution in [0.3, 0.4) is 0 Å². The van der Waals surface area contributed by atoms with Gasteiger partial charge in [0.1, 0.15) is 40.7 Å². The second-order valence-electron chi connectivity index (χ2n) is 9.80. The summed E-state index contributed by atoms with van der Waals surface area (Å²) in [6.45, 7) is 1.75. The molecule has 9 heteroatoms. The lowest BCUT2D eigenvalue weighted by molar-refractivity contribution is -0.0746. The maximum absolute atomic E-state index is 13.2. The number of nitrogens with one attached hydrogen (secondary N) is 1. The Morgan fingerprint density at radius 3 is 2.55 bits per heavy atom. The van der Waals surface area contributed by atoms with Crippen LogP contribution in [0.2, 0.25) is 0 Å². The Hall–Kier alpha value is -4.34. The van der Waals surface area contributed by atoms with Gasteiger partial charge in [-0.05, 0) is 80.3 Å². The first-order valence-corrected chi connectivity index (χ1v) is 13.0. The molecule has 3 atom stereocenters. The van der Waals surface area contributed by atoms with Gasteiger partial charge in [-0.15, -0.1) is 0 Å². The first-order chi connectivity index (χ1) is 19.3. The minimum absolute atomic E-state index is 0.00450. The summed E-state index contributed by atoms with van der Waals surface area (Å²) in [5, 5.41) is 23.5. The quantitative estimate of drug-likeness (QED) is 0.286. The SMILES string of the molecule is COc1cccc(-c2cc(C(=O)Nc3cc4ccc(OC5CCC[C@@H](O)[C@H]5O)c(C)c4oc3=O)ccc2OC)c1. The van der Waals surface area contributed by atoms with Crippen molar-refractivity contribution >= 4 is 22.6 Å². The lowest BCUT2D eigenvalue weighted by Crippen LogP contribution is -2.44. The molecule has 0 radical (unpaired) electrons. The average molecular weight is 546 g/mol. The molecule has 0 spiro atoms. The Kier molecular flexibility index (Phi) is 7.77. The number of rotatable bonds is 7. The molecule has 1 aliphatic rings. The molecule has 1 heterocycles. The topological polar surface area (TPSA) is 127 Å². The van der Waals surface area contributed by atoms with E-state index in [0.717, 1.165) is 12.0 Å². The van der Waals surface area contributed by atoms with Crippen LogP contribution in [0.15, 0.2) is 69.9 Å². The Bertz CT molecular complexity index is 1610. The van der Waals surface area contributed by atoms with Crippen LogP contribution >= 0.6 is 0 Å². The summed E-state index contributed by atoms with van der Waals surface area (Å²) in [7, 11) is 3.13. The predicted molar refractivity (Wildman–Crippen MR) is 150 cm³/mol. The van der Waals surface area contributed by atoms with Gasteiger partial charge in [0.25, 0.3) is 5.91 Å². The third-order valence-corrected chi connectivity index (χ3v) is 7.23. The lowest BCUT2D eigenvalue weighted by atomic mass is 9.92. The summed E-state index contributed by atoms with van der Waals surface area (Å²) in [5.41, 5.74) is 2.00. The van der Waals surface area contributed by atoms with Gasteiger partial charge >= 0.3 is 5.63 Å². The molecule has 4 aromatic rings. The van der Waals surface area contributed by atoms with E-state index < -0.39 is 29.8 Å². The van der Waals surface area contributed by atoms with Gasteiger partial charge in [-0.25, -0.2) is 4.79 Å². The summed E-state index contributed by atoms with van der Waals surface area (Å²) < 4.78 is 22.4. The van der Waals surface area contributed by atoms with Gasteiger partial charge in [-0.3, -0.25) is 4.79 Å². The van der Waals surface area contributed by atoms with Crippen LogP contribution in [0.1, 0.15) is 35.2 Å². The van der Waals surface area contributed by atoms with E-state index in [9.17, 15) is 19.8 Å². The highest BCUT2D eigenvalue weighted by atomic mass is 16.5. The van der Waals surface area contributed by atoms with Crippen molar-refractivity contribution in [2.45, 2.75) is 44.5 Å². The molecule has 1 fully saturated rings. The van der Waals surface area contributed by atoms with Gasteiger partial charge in [0.05, 0.1) is 20.3 Å². The number of hydrogen-bond donors (Lipinski definition) is 3. The Morgan fingerprint density at radius 1 is 0.975 bits per heavy atom. The molecule has 0 saturated heterocycles. The number of carbonyl (C=O) groups is 1. The van der Waals surface area contributed by atoms with Crippen LogP contribution in [-0.2, 0) is 0 Å². The Labute approximate surface area is 230 Å². The van der Waals surface area contributed by atoms with Crippen LogP contribution < -0.4 is 25.2 Å². The second-order valence-corrected chi connectivity index (χ2v) is 9.80. The number of aliphatic hydroxyl groups is 2. The fraction of sp³-hybridized carbons (Fsp3) is 0.290. The molecule has 1 aromatic heterocycles. The summed E-state index contributed by atoms with van der Waals surface area (Å²) in [5.74, 6) is 1.21. The molecule has 3 N–H and O–H groups in total. The number of aliphatic hydroxyl groups excluding tert-OH is 2. The standard InChI is InChI=1S/C31H31NO8/c1-17-25(39-27-9-5-8-24(33)28(27)34)12-10-19-16-23(31(36)40-29(17)19)32-30(35)20-11-13-26(38-3)22(15-20)18-6-4-7-21(14-18)37-2/h4,6-7,10-16,24,27-28,33-34H,5,8-9H2,1-3H3,(H,32,35)/t24-,27?,28-/m1/s1. The van der Waals surface area contributed by atoms with E-state index in [0.29, 0.717) is 57.7 Å². The number of anilines is 1. The predicted octanol–water partition coefficient (Wildman–Crippen LogP) is 4.69. The van der Waals surface area contributed by atoms with Gasteiger partial charge in [-0.1, -0.05) is 12.1 Å². The summed E-state index contributed by atoms with van der Waals surface area (Å²) in [6.07, 6.45) is -0.508. The number of carbonyl (C=O) groups excluding carboxylic acids is 1. The van der Waals surface area contributed by atoms with Crippen LogP contribution in [-0.4, -0.2) is 48.7 Å². The first kappa shape index (κ1) is 27.2. The Balaban J connectivity index is 1.41. The normalized spacial score (nSPS) is 18.8. The maximum atomic E-state index is 13.2. The van der Waals surface area contributed by atoms with Crippen molar-refractivity contribution in [3.63, 3.8) is 0 Å². The highest BCUT2D eigenvalue weighted by Crippen LogP contribution is 2.34. The zero-order valence-corrected chi connectivity index (χ0v) is 22.5. The van der Waals surface area contributed by atoms with E-state index >= 15 is 0 Å². The summed E-state index contributed by atoms with van der Waals surface area (Å²) >= 11 is 0. The number of aryl methyl sites for hydroxylation is 1. The van der Waals surface area contributed by atoms with E-state index in [1.165, 1.54) is 0 Å². The van der Waals surface area contributed by atoms with E-state index in [4.69, 9.17) is 18.6 Å².